The van der Waals surface area contributed by atoms with E-state index in [0.717, 1.165) is 73.1 Å². The summed E-state index contributed by atoms with van der Waals surface area (Å²) in [7, 11) is 0. The average Bonchev–Trinajstić information content (AvgIpc) is 2.88. The van der Waals surface area contributed by atoms with Crippen molar-refractivity contribution in [2.24, 2.45) is 0 Å². The van der Waals surface area contributed by atoms with Gasteiger partial charge < -0.3 is 14.1 Å². The van der Waals surface area contributed by atoms with Gasteiger partial charge in [0.25, 0.3) is 0 Å². The number of ether oxygens (including phenoxy) is 1. The van der Waals surface area contributed by atoms with Crippen LogP contribution in [-0.4, -0.2) is 36.9 Å². The Labute approximate surface area is 227 Å². The van der Waals surface area contributed by atoms with Gasteiger partial charge in [-0.2, -0.15) is 0 Å². The van der Waals surface area contributed by atoms with Crippen LogP contribution in [0.5, 0.6) is 5.75 Å². The zero-order chi connectivity index (χ0) is 27.7. The molecule has 0 unspecified atom stereocenters. The minimum absolute atomic E-state index is 0.00668. The highest BCUT2D eigenvalue weighted by atomic mass is 16.5. The summed E-state index contributed by atoms with van der Waals surface area (Å²) in [5.41, 5.74) is 5.34. The second kappa shape index (κ2) is 14.1. The van der Waals surface area contributed by atoms with Crippen molar-refractivity contribution in [3.8, 4) is 5.75 Å². The number of ketones is 1. The summed E-state index contributed by atoms with van der Waals surface area (Å²) in [5, 5.41) is 0.794. The standard InChI is InChI=1S/C33H43NO4/c1-7-16-34(17-8-2)18-9-19-37-31-15-14-28-21-29(33(36)38-32(28)25(31)6)22-30(35)27-13-11-24(5)26(20-27)12-10-23(3)4/h10-11,13-15,20-21H,7-9,12,16-19,22H2,1-6H3. The van der Waals surface area contributed by atoms with E-state index in [0.29, 0.717) is 23.3 Å². The molecule has 0 saturated heterocycles. The van der Waals surface area contributed by atoms with Crippen molar-refractivity contribution in [2.75, 3.05) is 26.2 Å². The maximum atomic E-state index is 13.1. The molecule has 0 aliphatic carbocycles. The van der Waals surface area contributed by atoms with Gasteiger partial charge in [0.2, 0.25) is 0 Å². The predicted octanol–water partition coefficient (Wildman–Crippen LogP) is 7.23. The van der Waals surface area contributed by atoms with Crippen molar-refractivity contribution in [2.45, 2.75) is 73.6 Å². The number of allylic oxidation sites excluding steroid dienone is 2. The number of fused-ring (bicyclic) bond motifs is 1. The summed E-state index contributed by atoms with van der Waals surface area (Å²) in [6.07, 6.45) is 6.19. The topological polar surface area (TPSA) is 59.8 Å². The lowest BCUT2D eigenvalue weighted by Crippen LogP contribution is -2.27. The highest BCUT2D eigenvalue weighted by molar-refractivity contribution is 5.98. The average molecular weight is 518 g/mol. The first kappa shape index (κ1) is 29.4. The Kier molecular flexibility index (Phi) is 10.9. The van der Waals surface area contributed by atoms with Crippen molar-refractivity contribution in [1.29, 1.82) is 0 Å². The van der Waals surface area contributed by atoms with E-state index >= 15 is 0 Å². The van der Waals surface area contributed by atoms with Crippen molar-refractivity contribution in [3.63, 3.8) is 0 Å². The number of hydrogen-bond donors (Lipinski definition) is 0. The van der Waals surface area contributed by atoms with Crippen LogP contribution in [0.2, 0.25) is 0 Å². The molecular formula is C33H43NO4. The maximum Gasteiger partial charge on any atom is 0.339 e. The highest BCUT2D eigenvalue weighted by Gasteiger charge is 2.16. The van der Waals surface area contributed by atoms with Crippen LogP contribution in [0.3, 0.4) is 0 Å². The van der Waals surface area contributed by atoms with E-state index < -0.39 is 5.63 Å². The van der Waals surface area contributed by atoms with Crippen LogP contribution in [-0.2, 0) is 12.8 Å². The number of benzene rings is 2. The molecule has 0 amide bonds. The largest absolute Gasteiger partial charge is 0.493 e. The quantitative estimate of drug-likeness (QED) is 0.0977. The van der Waals surface area contributed by atoms with Gasteiger partial charge in [-0.15, -0.1) is 0 Å². The molecule has 0 bridgehead atoms. The lowest BCUT2D eigenvalue weighted by Gasteiger charge is -2.21. The molecule has 2 aromatic carbocycles. The van der Waals surface area contributed by atoms with E-state index in [1.165, 1.54) is 5.57 Å². The van der Waals surface area contributed by atoms with E-state index in [9.17, 15) is 9.59 Å². The molecule has 38 heavy (non-hydrogen) atoms. The third-order valence-electron chi connectivity index (χ3n) is 6.88. The molecule has 5 heteroatoms. The molecule has 0 saturated carbocycles. The zero-order valence-corrected chi connectivity index (χ0v) is 24.0. The van der Waals surface area contributed by atoms with E-state index in [4.69, 9.17) is 9.15 Å². The fourth-order valence-corrected chi connectivity index (χ4v) is 4.72. The van der Waals surface area contributed by atoms with Gasteiger partial charge in [-0.05, 0) is 102 Å². The van der Waals surface area contributed by atoms with Crippen LogP contribution in [0.1, 0.15) is 79.6 Å². The summed E-state index contributed by atoms with van der Waals surface area (Å²) in [6, 6.07) is 11.4. The SMILES string of the molecule is CCCN(CCC)CCCOc1ccc2cc(CC(=O)c3ccc(C)c(CC=C(C)C)c3)c(=O)oc2c1C. The normalized spacial score (nSPS) is 11.2. The van der Waals surface area contributed by atoms with Gasteiger partial charge in [0.15, 0.2) is 5.78 Å². The Balaban J connectivity index is 1.71. The number of hydrogen-bond acceptors (Lipinski definition) is 5. The Hall–Kier alpha value is -3.18. The molecule has 5 nitrogen and oxygen atoms in total. The zero-order valence-electron chi connectivity index (χ0n) is 24.0. The van der Waals surface area contributed by atoms with E-state index in [2.05, 4.69) is 38.7 Å². The molecule has 0 atom stereocenters. The molecule has 0 fully saturated rings. The van der Waals surface area contributed by atoms with Crippen LogP contribution in [0, 0.1) is 13.8 Å². The summed E-state index contributed by atoms with van der Waals surface area (Å²) >= 11 is 0. The van der Waals surface area contributed by atoms with Crippen molar-refractivity contribution < 1.29 is 13.9 Å². The van der Waals surface area contributed by atoms with E-state index in [1.807, 2.05) is 44.2 Å². The molecule has 1 heterocycles. The first-order valence-electron chi connectivity index (χ1n) is 13.9. The van der Waals surface area contributed by atoms with E-state index in [1.54, 1.807) is 6.07 Å². The second-order valence-corrected chi connectivity index (χ2v) is 10.4. The number of nitrogens with zero attached hydrogens (tertiary/aromatic N) is 1. The fourth-order valence-electron chi connectivity index (χ4n) is 4.72. The van der Waals surface area contributed by atoms with Crippen LogP contribution in [0.4, 0.5) is 0 Å². The minimum atomic E-state index is -0.474. The summed E-state index contributed by atoms with van der Waals surface area (Å²) in [5.74, 6) is 0.637. The van der Waals surface area contributed by atoms with Crippen LogP contribution < -0.4 is 10.4 Å². The third-order valence-corrected chi connectivity index (χ3v) is 6.88. The maximum absolute atomic E-state index is 13.1. The lowest BCUT2D eigenvalue weighted by molar-refractivity contribution is 0.0992. The van der Waals surface area contributed by atoms with Gasteiger partial charge in [0.1, 0.15) is 11.3 Å². The first-order chi connectivity index (χ1) is 18.2. The molecule has 0 aliphatic heterocycles. The van der Waals surface area contributed by atoms with Crippen molar-refractivity contribution in [3.05, 3.63) is 86.3 Å². The van der Waals surface area contributed by atoms with Crippen LogP contribution >= 0.6 is 0 Å². The molecule has 0 radical (unpaired) electrons. The molecule has 1 aromatic heterocycles. The predicted molar refractivity (Wildman–Crippen MR) is 157 cm³/mol. The van der Waals surface area contributed by atoms with Crippen molar-refractivity contribution in [1.82, 2.24) is 4.90 Å². The summed E-state index contributed by atoms with van der Waals surface area (Å²) in [4.78, 5) is 28.4. The lowest BCUT2D eigenvalue weighted by atomic mass is 9.97. The molecule has 3 rings (SSSR count). The number of Topliss-reactive ketones (excluding diaryl/α,β-unsaturated/α-hetero) is 1. The molecule has 0 aliphatic rings. The van der Waals surface area contributed by atoms with Crippen LogP contribution in [0.15, 0.2) is 57.3 Å². The Bertz CT molecular complexity index is 1320. The van der Waals surface area contributed by atoms with Gasteiger partial charge in [0, 0.05) is 35.0 Å². The molecule has 0 N–H and O–H groups in total. The number of carbonyl (C=O) groups excluding carboxylic acids is 1. The monoisotopic (exact) mass is 517 g/mol. The summed E-state index contributed by atoms with van der Waals surface area (Å²) in [6.45, 7) is 16.3. The van der Waals surface area contributed by atoms with Gasteiger partial charge in [-0.1, -0.05) is 37.6 Å². The minimum Gasteiger partial charge on any atom is -0.493 e. The molecule has 204 valence electrons. The third kappa shape index (κ3) is 7.91. The van der Waals surface area contributed by atoms with E-state index in [-0.39, 0.29) is 12.2 Å². The van der Waals surface area contributed by atoms with Gasteiger partial charge in [0.05, 0.1) is 6.61 Å². The second-order valence-electron chi connectivity index (χ2n) is 10.4. The van der Waals surface area contributed by atoms with Crippen molar-refractivity contribution >= 4 is 16.8 Å². The van der Waals surface area contributed by atoms with Gasteiger partial charge in [-0.25, -0.2) is 4.79 Å². The molecule has 3 aromatic rings. The van der Waals surface area contributed by atoms with Gasteiger partial charge in [-0.3, -0.25) is 4.79 Å². The Morgan fingerprint density at radius 3 is 2.39 bits per heavy atom. The number of rotatable bonds is 14. The summed E-state index contributed by atoms with van der Waals surface area (Å²) < 4.78 is 11.8. The fraction of sp³-hybridized carbons (Fsp3) is 0.455. The molecular weight excluding hydrogens is 474 g/mol. The highest BCUT2D eigenvalue weighted by Crippen LogP contribution is 2.27. The molecule has 0 spiro atoms. The number of aryl methyl sites for hydroxylation is 2. The Morgan fingerprint density at radius 2 is 1.71 bits per heavy atom. The smallest absolute Gasteiger partial charge is 0.339 e. The number of carbonyl (C=O) groups is 1. The first-order valence-corrected chi connectivity index (χ1v) is 13.9. The van der Waals surface area contributed by atoms with Gasteiger partial charge >= 0.3 is 5.63 Å². The van der Waals surface area contributed by atoms with Crippen LogP contribution in [0.25, 0.3) is 11.0 Å². The Morgan fingerprint density at radius 1 is 0.974 bits per heavy atom.